The lowest BCUT2D eigenvalue weighted by Gasteiger charge is -2.33. The fraction of sp³-hybridized carbons (Fsp3) is 1.00. The zero-order valence-corrected chi connectivity index (χ0v) is 9.12. The van der Waals surface area contributed by atoms with E-state index in [0.717, 1.165) is 18.8 Å². The molecule has 14 heavy (non-hydrogen) atoms. The molecule has 2 aliphatic rings. The van der Waals surface area contributed by atoms with Gasteiger partial charge in [0.05, 0.1) is 6.10 Å². The van der Waals surface area contributed by atoms with Crippen molar-refractivity contribution in [3.8, 4) is 0 Å². The van der Waals surface area contributed by atoms with Crippen molar-refractivity contribution in [2.24, 2.45) is 5.92 Å². The van der Waals surface area contributed by atoms with Crippen molar-refractivity contribution in [1.82, 2.24) is 4.90 Å². The molecule has 1 aliphatic carbocycles. The van der Waals surface area contributed by atoms with Crippen LogP contribution in [0.25, 0.3) is 0 Å². The molecule has 2 fully saturated rings. The number of aliphatic hydroxyl groups excluding tert-OH is 1. The first kappa shape index (κ1) is 10.4. The first-order valence-electron chi connectivity index (χ1n) is 6.25. The molecule has 1 saturated carbocycles. The van der Waals surface area contributed by atoms with Gasteiger partial charge in [0.2, 0.25) is 0 Å². The molecule has 82 valence electrons. The van der Waals surface area contributed by atoms with Gasteiger partial charge in [-0.05, 0) is 51.1 Å². The van der Waals surface area contributed by atoms with E-state index in [0.29, 0.717) is 0 Å². The Morgan fingerprint density at radius 2 is 1.79 bits per heavy atom. The van der Waals surface area contributed by atoms with Gasteiger partial charge in [0.15, 0.2) is 0 Å². The summed E-state index contributed by atoms with van der Waals surface area (Å²) in [6, 6.07) is 0. The third-order valence-electron chi connectivity index (χ3n) is 3.72. The summed E-state index contributed by atoms with van der Waals surface area (Å²) < 4.78 is 0. The van der Waals surface area contributed by atoms with Crippen LogP contribution in [0.4, 0.5) is 0 Å². The molecule has 1 heterocycles. The minimum absolute atomic E-state index is 0.00135. The number of hydrogen-bond acceptors (Lipinski definition) is 2. The Hall–Kier alpha value is -0.0800. The van der Waals surface area contributed by atoms with E-state index >= 15 is 0 Å². The van der Waals surface area contributed by atoms with Crippen LogP contribution >= 0.6 is 0 Å². The topological polar surface area (TPSA) is 23.5 Å². The van der Waals surface area contributed by atoms with E-state index in [1.54, 1.807) is 0 Å². The number of hydrogen-bond donors (Lipinski definition) is 1. The van der Waals surface area contributed by atoms with Crippen LogP contribution in [0.15, 0.2) is 0 Å². The van der Waals surface area contributed by atoms with E-state index in [9.17, 15) is 5.11 Å². The summed E-state index contributed by atoms with van der Waals surface area (Å²) in [5.41, 5.74) is 0. The van der Waals surface area contributed by atoms with E-state index in [1.807, 2.05) is 0 Å². The van der Waals surface area contributed by atoms with E-state index in [4.69, 9.17) is 0 Å². The summed E-state index contributed by atoms with van der Waals surface area (Å²) in [7, 11) is 0. The lowest BCUT2D eigenvalue weighted by molar-refractivity contribution is 0.0796. The van der Waals surface area contributed by atoms with Crippen molar-refractivity contribution in [3.05, 3.63) is 0 Å². The van der Waals surface area contributed by atoms with Gasteiger partial charge >= 0.3 is 0 Å². The van der Waals surface area contributed by atoms with Crippen molar-refractivity contribution in [1.29, 1.82) is 0 Å². The van der Waals surface area contributed by atoms with Crippen LogP contribution in [0.5, 0.6) is 0 Å². The first-order chi connectivity index (χ1) is 6.84. The van der Waals surface area contributed by atoms with Gasteiger partial charge in [0.1, 0.15) is 0 Å². The maximum absolute atomic E-state index is 9.59. The molecule has 2 rings (SSSR count). The highest BCUT2D eigenvalue weighted by Gasteiger charge is 2.22. The summed E-state index contributed by atoms with van der Waals surface area (Å²) in [4.78, 5) is 2.60. The lowest BCUT2D eigenvalue weighted by atomic mass is 9.86. The van der Waals surface area contributed by atoms with Crippen molar-refractivity contribution >= 4 is 0 Å². The predicted molar refractivity (Wildman–Crippen MR) is 58.3 cm³/mol. The molecule has 0 spiro atoms. The zero-order chi connectivity index (χ0) is 9.80. The number of likely N-dealkylation sites (tertiary alicyclic amines) is 1. The standard InChI is InChI=1S/C12H23NO/c14-12-6-4-5-11(9-12)10-13-7-2-1-3-8-13/h11-12,14H,1-10H2. The molecule has 1 aliphatic heterocycles. The SMILES string of the molecule is OC1CCCC(CN2CCCCC2)C1. The summed E-state index contributed by atoms with van der Waals surface area (Å²) in [5.74, 6) is 0.775. The lowest BCUT2D eigenvalue weighted by Crippen LogP contribution is -2.36. The van der Waals surface area contributed by atoms with Crippen molar-refractivity contribution in [3.63, 3.8) is 0 Å². The number of aliphatic hydroxyl groups is 1. The van der Waals surface area contributed by atoms with Gasteiger partial charge in [-0.1, -0.05) is 12.8 Å². The minimum atomic E-state index is -0.00135. The highest BCUT2D eigenvalue weighted by Crippen LogP contribution is 2.25. The van der Waals surface area contributed by atoms with E-state index in [-0.39, 0.29) is 6.10 Å². The van der Waals surface area contributed by atoms with Crippen molar-refractivity contribution in [2.45, 2.75) is 51.0 Å². The zero-order valence-electron chi connectivity index (χ0n) is 9.12. The predicted octanol–water partition coefficient (Wildman–Crippen LogP) is 2.02. The Kier molecular flexibility index (Phi) is 3.82. The Morgan fingerprint density at radius 3 is 2.50 bits per heavy atom. The molecule has 2 atom stereocenters. The average molecular weight is 197 g/mol. The summed E-state index contributed by atoms with van der Waals surface area (Å²) in [5, 5.41) is 9.59. The molecule has 0 aromatic rings. The largest absolute Gasteiger partial charge is 0.393 e. The molecule has 0 amide bonds. The third kappa shape index (κ3) is 2.96. The second-order valence-corrected chi connectivity index (χ2v) is 5.05. The molecule has 0 radical (unpaired) electrons. The van der Waals surface area contributed by atoms with Gasteiger partial charge in [0, 0.05) is 6.54 Å². The molecule has 0 bridgehead atoms. The third-order valence-corrected chi connectivity index (χ3v) is 3.72. The van der Waals surface area contributed by atoms with Crippen LogP contribution in [0.3, 0.4) is 0 Å². The molecule has 1 N–H and O–H groups in total. The molecule has 1 saturated heterocycles. The van der Waals surface area contributed by atoms with Crippen LogP contribution in [0.2, 0.25) is 0 Å². The second-order valence-electron chi connectivity index (χ2n) is 5.05. The normalized spacial score (nSPS) is 35.8. The quantitative estimate of drug-likeness (QED) is 0.732. The van der Waals surface area contributed by atoms with Crippen LogP contribution in [0, 0.1) is 5.92 Å². The Balaban J connectivity index is 1.72. The number of nitrogens with zero attached hydrogens (tertiary/aromatic N) is 1. The van der Waals surface area contributed by atoms with Gasteiger partial charge in [-0.2, -0.15) is 0 Å². The summed E-state index contributed by atoms with van der Waals surface area (Å²) in [6.45, 7) is 3.84. The number of piperidine rings is 1. The minimum Gasteiger partial charge on any atom is -0.393 e. The second kappa shape index (κ2) is 5.13. The van der Waals surface area contributed by atoms with E-state index in [1.165, 1.54) is 51.7 Å². The molecule has 0 aromatic carbocycles. The first-order valence-corrected chi connectivity index (χ1v) is 6.25. The number of rotatable bonds is 2. The Bertz CT molecular complexity index is 166. The smallest absolute Gasteiger partial charge is 0.0543 e. The highest BCUT2D eigenvalue weighted by molar-refractivity contribution is 4.76. The van der Waals surface area contributed by atoms with Crippen LogP contribution < -0.4 is 0 Å². The van der Waals surface area contributed by atoms with Gasteiger partial charge in [0.25, 0.3) is 0 Å². The Labute approximate surface area is 87.3 Å². The fourth-order valence-electron chi connectivity index (χ4n) is 2.94. The van der Waals surface area contributed by atoms with Crippen molar-refractivity contribution in [2.75, 3.05) is 19.6 Å². The molecular formula is C12H23NO. The van der Waals surface area contributed by atoms with Gasteiger partial charge < -0.3 is 10.0 Å². The summed E-state index contributed by atoms with van der Waals surface area (Å²) in [6.07, 6.45) is 8.85. The van der Waals surface area contributed by atoms with Crippen LogP contribution in [-0.4, -0.2) is 35.7 Å². The van der Waals surface area contributed by atoms with Crippen LogP contribution in [0.1, 0.15) is 44.9 Å². The van der Waals surface area contributed by atoms with Gasteiger partial charge in [-0.25, -0.2) is 0 Å². The van der Waals surface area contributed by atoms with Crippen molar-refractivity contribution < 1.29 is 5.11 Å². The maximum Gasteiger partial charge on any atom is 0.0543 e. The van der Waals surface area contributed by atoms with E-state index < -0.39 is 0 Å². The highest BCUT2D eigenvalue weighted by atomic mass is 16.3. The van der Waals surface area contributed by atoms with E-state index in [2.05, 4.69) is 4.90 Å². The molecule has 0 aromatic heterocycles. The fourth-order valence-corrected chi connectivity index (χ4v) is 2.94. The molecule has 2 heteroatoms. The maximum atomic E-state index is 9.59. The molecular weight excluding hydrogens is 174 g/mol. The molecule has 2 nitrogen and oxygen atoms in total. The average Bonchev–Trinajstić information content (AvgIpc) is 2.19. The summed E-state index contributed by atoms with van der Waals surface area (Å²) >= 11 is 0. The monoisotopic (exact) mass is 197 g/mol. The Morgan fingerprint density at radius 1 is 1.00 bits per heavy atom. The van der Waals surface area contributed by atoms with Crippen LogP contribution in [-0.2, 0) is 0 Å². The van der Waals surface area contributed by atoms with Gasteiger partial charge in [-0.3, -0.25) is 0 Å². The van der Waals surface area contributed by atoms with Gasteiger partial charge in [-0.15, -0.1) is 0 Å². The molecule has 2 unspecified atom stereocenters.